The molecule has 2 aromatic carbocycles. The van der Waals surface area contributed by atoms with Gasteiger partial charge in [-0.05, 0) is 49.8 Å². The van der Waals surface area contributed by atoms with Gasteiger partial charge in [0.1, 0.15) is 0 Å². The van der Waals surface area contributed by atoms with Crippen LogP contribution in [0, 0.1) is 5.92 Å². The highest BCUT2D eigenvalue weighted by Crippen LogP contribution is 2.39. The van der Waals surface area contributed by atoms with E-state index in [0.29, 0.717) is 0 Å². The Balaban J connectivity index is 1.84. The second kappa shape index (κ2) is 7.81. The third-order valence-electron chi connectivity index (χ3n) is 5.42. The van der Waals surface area contributed by atoms with E-state index < -0.39 is 0 Å². The molecular weight excluding hydrogens is 290 g/mol. The maximum absolute atomic E-state index is 2.61. The fourth-order valence-corrected chi connectivity index (χ4v) is 3.68. The number of nitrogens with zero attached hydrogens (tertiary/aromatic N) is 1. The van der Waals surface area contributed by atoms with Crippen LogP contribution in [0.15, 0.2) is 66.7 Å². The van der Waals surface area contributed by atoms with Gasteiger partial charge in [-0.15, -0.1) is 0 Å². The third kappa shape index (κ3) is 3.96. The summed E-state index contributed by atoms with van der Waals surface area (Å²) in [6.45, 7) is 3.54. The fourth-order valence-electron chi connectivity index (χ4n) is 3.68. The number of benzene rings is 2. The van der Waals surface area contributed by atoms with Crippen molar-refractivity contribution in [2.75, 3.05) is 13.6 Å². The number of rotatable bonds is 8. The minimum Gasteiger partial charge on any atom is -0.296 e. The van der Waals surface area contributed by atoms with Crippen molar-refractivity contribution in [1.29, 1.82) is 0 Å². The Kier molecular flexibility index (Phi) is 5.52. The minimum absolute atomic E-state index is 0.0924. The van der Waals surface area contributed by atoms with Crippen molar-refractivity contribution >= 4 is 6.08 Å². The van der Waals surface area contributed by atoms with E-state index in [4.69, 9.17) is 0 Å². The summed E-state index contributed by atoms with van der Waals surface area (Å²) in [4.78, 5) is 2.61. The summed E-state index contributed by atoms with van der Waals surface area (Å²) in [5, 5.41) is 0. The van der Waals surface area contributed by atoms with Gasteiger partial charge in [-0.2, -0.15) is 0 Å². The van der Waals surface area contributed by atoms with Gasteiger partial charge in [-0.25, -0.2) is 0 Å². The summed E-state index contributed by atoms with van der Waals surface area (Å²) in [6, 6.07) is 21.7. The van der Waals surface area contributed by atoms with Gasteiger partial charge in [-0.1, -0.05) is 79.7 Å². The molecule has 1 saturated carbocycles. The molecule has 0 aromatic heterocycles. The van der Waals surface area contributed by atoms with E-state index in [1.54, 1.807) is 0 Å². The summed E-state index contributed by atoms with van der Waals surface area (Å²) >= 11 is 0. The molecule has 2 aromatic rings. The number of hydrogen-bond acceptors (Lipinski definition) is 1. The summed E-state index contributed by atoms with van der Waals surface area (Å²) in [5.74, 6) is 0.905. The van der Waals surface area contributed by atoms with Crippen molar-refractivity contribution in [3.8, 4) is 0 Å². The Hall–Kier alpha value is -1.86. The molecule has 0 aliphatic heterocycles. The highest BCUT2D eigenvalue weighted by Gasteiger charge is 2.36. The van der Waals surface area contributed by atoms with Crippen LogP contribution in [0.1, 0.15) is 43.7 Å². The van der Waals surface area contributed by atoms with Crippen molar-refractivity contribution in [2.24, 2.45) is 5.92 Å². The lowest BCUT2D eigenvalue weighted by molar-refractivity contribution is 0.108. The lowest BCUT2D eigenvalue weighted by Gasteiger charge is -2.42. The van der Waals surface area contributed by atoms with Gasteiger partial charge in [0.2, 0.25) is 0 Å². The van der Waals surface area contributed by atoms with E-state index >= 15 is 0 Å². The predicted molar refractivity (Wildman–Crippen MR) is 104 cm³/mol. The van der Waals surface area contributed by atoms with Crippen LogP contribution in [0.5, 0.6) is 0 Å². The Morgan fingerprint density at radius 3 is 2.21 bits per heavy atom. The van der Waals surface area contributed by atoms with E-state index in [2.05, 4.69) is 91.7 Å². The first-order chi connectivity index (χ1) is 11.7. The van der Waals surface area contributed by atoms with Crippen LogP contribution in [0.25, 0.3) is 6.08 Å². The van der Waals surface area contributed by atoms with Crippen molar-refractivity contribution < 1.29 is 0 Å². The predicted octanol–water partition coefficient (Wildman–Crippen LogP) is 5.74. The van der Waals surface area contributed by atoms with E-state index in [1.165, 1.54) is 30.5 Å². The molecule has 126 valence electrons. The Bertz CT molecular complexity index is 642. The summed E-state index contributed by atoms with van der Waals surface area (Å²) < 4.78 is 0. The van der Waals surface area contributed by atoms with Gasteiger partial charge in [0.25, 0.3) is 0 Å². The molecule has 0 saturated heterocycles. The molecule has 0 radical (unpaired) electrons. The minimum atomic E-state index is 0.0924. The van der Waals surface area contributed by atoms with Gasteiger partial charge < -0.3 is 0 Å². The SMILES string of the molecule is CC[C@](C/C=C/c1ccccc1)(c1ccccc1)N(C)CC1CC1. The van der Waals surface area contributed by atoms with Gasteiger partial charge in [0.05, 0.1) is 0 Å². The molecule has 0 bridgehead atoms. The highest BCUT2D eigenvalue weighted by atomic mass is 15.2. The summed E-state index contributed by atoms with van der Waals surface area (Å²) in [6.07, 6.45) is 9.59. The molecule has 1 aliphatic carbocycles. The van der Waals surface area contributed by atoms with E-state index in [1.807, 2.05) is 0 Å². The largest absolute Gasteiger partial charge is 0.296 e. The van der Waals surface area contributed by atoms with Gasteiger partial charge in [0, 0.05) is 12.1 Å². The molecule has 0 amide bonds. The van der Waals surface area contributed by atoms with Crippen LogP contribution < -0.4 is 0 Å². The smallest absolute Gasteiger partial charge is 0.0489 e. The molecule has 0 spiro atoms. The molecule has 1 atom stereocenters. The first-order valence-electron chi connectivity index (χ1n) is 9.23. The quantitative estimate of drug-likeness (QED) is 0.600. The van der Waals surface area contributed by atoms with Crippen LogP contribution >= 0.6 is 0 Å². The standard InChI is InChI=1S/C23H29N/c1-3-23(22-14-8-5-9-15-22,24(2)19-21-16-17-21)18-10-13-20-11-6-4-7-12-20/h4-15,21H,3,16-19H2,1-2H3/b13-10+/t23-/m0/s1. The lowest BCUT2D eigenvalue weighted by Crippen LogP contribution is -2.44. The van der Waals surface area contributed by atoms with Gasteiger partial charge in [0.15, 0.2) is 0 Å². The van der Waals surface area contributed by atoms with Crippen LogP contribution in [0.2, 0.25) is 0 Å². The Morgan fingerprint density at radius 1 is 1.00 bits per heavy atom. The topological polar surface area (TPSA) is 3.24 Å². The molecular formula is C23H29N. The van der Waals surface area contributed by atoms with Crippen LogP contribution in [-0.4, -0.2) is 18.5 Å². The molecule has 1 aliphatic rings. The maximum atomic E-state index is 2.61. The maximum Gasteiger partial charge on any atom is 0.0489 e. The lowest BCUT2D eigenvalue weighted by atomic mass is 9.82. The zero-order chi connectivity index (χ0) is 16.8. The van der Waals surface area contributed by atoms with Crippen LogP contribution in [0.4, 0.5) is 0 Å². The molecule has 1 heteroatoms. The zero-order valence-corrected chi connectivity index (χ0v) is 15.0. The van der Waals surface area contributed by atoms with Crippen molar-refractivity contribution in [3.05, 3.63) is 77.9 Å². The van der Waals surface area contributed by atoms with Crippen LogP contribution in [-0.2, 0) is 5.54 Å². The van der Waals surface area contributed by atoms with E-state index in [0.717, 1.165) is 18.8 Å². The monoisotopic (exact) mass is 319 g/mol. The number of hydrogen-bond donors (Lipinski definition) is 0. The average Bonchev–Trinajstić information content (AvgIpc) is 3.44. The summed E-state index contributed by atoms with van der Waals surface area (Å²) in [7, 11) is 2.31. The molecule has 0 unspecified atom stereocenters. The van der Waals surface area contributed by atoms with Gasteiger partial charge >= 0.3 is 0 Å². The normalized spacial score (nSPS) is 17.3. The molecule has 0 heterocycles. The molecule has 24 heavy (non-hydrogen) atoms. The zero-order valence-electron chi connectivity index (χ0n) is 15.0. The fraction of sp³-hybridized carbons (Fsp3) is 0.391. The molecule has 1 fully saturated rings. The molecule has 0 N–H and O–H groups in total. The summed E-state index contributed by atoms with van der Waals surface area (Å²) in [5.41, 5.74) is 2.81. The van der Waals surface area contributed by atoms with Gasteiger partial charge in [-0.3, -0.25) is 4.90 Å². The highest BCUT2D eigenvalue weighted by molar-refractivity contribution is 5.49. The van der Waals surface area contributed by atoms with Crippen molar-refractivity contribution in [2.45, 2.75) is 38.1 Å². The first-order valence-corrected chi connectivity index (χ1v) is 9.23. The third-order valence-corrected chi connectivity index (χ3v) is 5.42. The van der Waals surface area contributed by atoms with E-state index in [-0.39, 0.29) is 5.54 Å². The van der Waals surface area contributed by atoms with Crippen LogP contribution in [0.3, 0.4) is 0 Å². The average molecular weight is 319 g/mol. The Morgan fingerprint density at radius 2 is 1.62 bits per heavy atom. The molecule has 3 rings (SSSR count). The van der Waals surface area contributed by atoms with Crippen molar-refractivity contribution in [3.63, 3.8) is 0 Å². The second-order valence-electron chi connectivity index (χ2n) is 7.09. The Labute approximate surface area is 147 Å². The van der Waals surface area contributed by atoms with Crippen molar-refractivity contribution in [1.82, 2.24) is 4.90 Å². The second-order valence-corrected chi connectivity index (χ2v) is 7.09. The molecule has 1 nitrogen and oxygen atoms in total. The van der Waals surface area contributed by atoms with E-state index in [9.17, 15) is 0 Å². The first kappa shape index (κ1) is 17.0.